The first-order valence-corrected chi connectivity index (χ1v) is 7.14. The Labute approximate surface area is 115 Å². The number of nitrogen functional groups attached to an aromatic ring is 1. The zero-order valence-corrected chi connectivity index (χ0v) is 12.0. The van der Waals surface area contributed by atoms with Crippen molar-refractivity contribution in [2.75, 3.05) is 19.8 Å². The van der Waals surface area contributed by atoms with Crippen molar-refractivity contribution in [2.45, 2.75) is 50.2 Å². The molecule has 1 heterocycles. The van der Waals surface area contributed by atoms with Gasteiger partial charge < -0.3 is 15.7 Å². The number of aliphatic hydroxyl groups is 1. The van der Waals surface area contributed by atoms with Crippen LogP contribution in [0.4, 0.5) is 5.82 Å². The number of nitrogens with zero attached hydrogens (tertiary/aromatic N) is 2. The molecule has 19 heavy (non-hydrogen) atoms. The lowest BCUT2D eigenvalue weighted by Gasteiger charge is -2.43. The standard InChI is InChI=1S/C15H25N3O/c1-18(2)15(9-5-3-4-6-10-15)13(19)12-8-7-11-17-14(12)16/h7-8,11,13,19H,3-6,9-10H2,1-2H3,(H2,16,17). The molecule has 1 aromatic heterocycles. The second-order valence-electron chi connectivity index (χ2n) is 5.79. The van der Waals surface area contributed by atoms with Gasteiger partial charge >= 0.3 is 0 Å². The lowest BCUT2D eigenvalue weighted by molar-refractivity contribution is -0.0196. The molecule has 0 radical (unpaired) electrons. The molecule has 4 nitrogen and oxygen atoms in total. The van der Waals surface area contributed by atoms with Gasteiger partial charge in [-0.25, -0.2) is 4.98 Å². The van der Waals surface area contributed by atoms with E-state index in [0.717, 1.165) is 31.2 Å². The van der Waals surface area contributed by atoms with Crippen LogP contribution in [0.1, 0.15) is 50.2 Å². The van der Waals surface area contributed by atoms with Crippen LogP contribution in [-0.2, 0) is 0 Å². The van der Waals surface area contributed by atoms with Gasteiger partial charge in [0.25, 0.3) is 0 Å². The molecule has 0 saturated heterocycles. The van der Waals surface area contributed by atoms with Crippen LogP contribution in [0.2, 0.25) is 0 Å². The van der Waals surface area contributed by atoms with Crippen molar-refractivity contribution in [3.63, 3.8) is 0 Å². The third-order valence-electron chi connectivity index (χ3n) is 4.53. The Morgan fingerprint density at radius 3 is 2.42 bits per heavy atom. The fraction of sp³-hybridized carbons (Fsp3) is 0.667. The summed E-state index contributed by atoms with van der Waals surface area (Å²) in [7, 11) is 4.11. The number of aliphatic hydroxyl groups excluding tert-OH is 1. The number of nitrogens with two attached hydrogens (primary N) is 1. The molecule has 4 heteroatoms. The van der Waals surface area contributed by atoms with Crippen molar-refractivity contribution in [1.29, 1.82) is 0 Å². The summed E-state index contributed by atoms with van der Waals surface area (Å²) in [5.41, 5.74) is 6.48. The summed E-state index contributed by atoms with van der Waals surface area (Å²) in [6.07, 6.45) is 7.95. The first-order valence-electron chi connectivity index (χ1n) is 7.14. The molecule has 0 aromatic carbocycles. The quantitative estimate of drug-likeness (QED) is 0.822. The van der Waals surface area contributed by atoms with Gasteiger partial charge in [-0.3, -0.25) is 0 Å². The topological polar surface area (TPSA) is 62.4 Å². The van der Waals surface area contributed by atoms with Crippen molar-refractivity contribution in [1.82, 2.24) is 9.88 Å². The van der Waals surface area contributed by atoms with Gasteiger partial charge in [-0.2, -0.15) is 0 Å². The summed E-state index contributed by atoms with van der Waals surface area (Å²) in [6.45, 7) is 0. The number of anilines is 1. The summed E-state index contributed by atoms with van der Waals surface area (Å²) < 4.78 is 0. The van der Waals surface area contributed by atoms with Gasteiger partial charge in [-0.05, 0) is 33.0 Å². The summed E-state index contributed by atoms with van der Waals surface area (Å²) >= 11 is 0. The molecule has 1 fully saturated rings. The summed E-state index contributed by atoms with van der Waals surface area (Å²) in [5.74, 6) is 0.445. The molecular weight excluding hydrogens is 238 g/mol. The van der Waals surface area contributed by atoms with Gasteiger partial charge in [0, 0.05) is 11.8 Å². The molecular formula is C15H25N3O. The fourth-order valence-corrected chi connectivity index (χ4v) is 3.26. The normalized spacial score (nSPS) is 21.1. The maximum Gasteiger partial charge on any atom is 0.129 e. The molecule has 106 valence electrons. The van der Waals surface area contributed by atoms with E-state index in [9.17, 15) is 5.11 Å². The van der Waals surface area contributed by atoms with Gasteiger partial charge in [-0.1, -0.05) is 31.7 Å². The second kappa shape index (κ2) is 5.88. The highest BCUT2D eigenvalue weighted by atomic mass is 16.3. The number of aromatic nitrogens is 1. The van der Waals surface area contributed by atoms with Crippen LogP contribution in [0.3, 0.4) is 0 Å². The summed E-state index contributed by atoms with van der Waals surface area (Å²) in [5, 5.41) is 10.9. The summed E-state index contributed by atoms with van der Waals surface area (Å²) in [4.78, 5) is 6.28. The molecule has 1 atom stereocenters. The zero-order valence-electron chi connectivity index (χ0n) is 12.0. The minimum Gasteiger partial charge on any atom is -0.386 e. The molecule has 1 aliphatic rings. The molecule has 1 aromatic rings. The number of likely N-dealkylation sites (N-methyl/N-ethyl adjacent to an activating group) is 1. The fourth-order valence-electron chi connectivity index (χ4n) is 3.26. The first-order chi connectivity index (χ1) is 9.08. The Balaban J connectivity index is 2.35. The lowest BCUT2D eigenvalue weighted by atomic mass is 9.80. The van der Waals surface area contributed by atoms with E-state index in [1.165, 1.54) is 12.8 Å². The van der Waals surface area contributed by atoms with Crippen molar-refractivity contribution in [2.24, 2.45) is 0 Å². The molecule has 1 saturated carbocycles. The Bertz CT molecular complexity index is 412. The Morgan fingerprint density at radius 1 is 1.26 bits per heavy atom. The molecule has 0 amide bonds. The molecule has 0 bridgehead atoms. The van der Waals surface area contributed by atoms with E-state index in [-0.39, 0.29) is 5.54 Å². The smallest absolute Gasteiger partial charge is 0.129 e. The molecule has 2 rings (SSSR count). The maximum absolute atomic E-state index is 10.9. The van der Waals surface area contributed by atoms with Crippen LogP contribution in [-0.4, -0.2) is 34.6 Å². The van der Waals surface area contributed by atoms with Crippen molar-refractivity contribution in [3.05, 3.63) is 23.9 Å². The van der Waals surface area contributed by atoms with E-state index in [2.05, 4.69) is 24.0 Å². The van der Waals surface area contributed by atoms with Gasteiger partial charge in [0.2, 0.25) is 0 Å². The third-order valence-corrected chi connectivity index (χ3v) is 4.53. The maximum atomic E-state index is 10.9. The van der Waals surface area contributed by atoms with Crippen molar-refractivity contribution < 1.29 is 5.11 Å². The highest BCUT2D eigenvalue weighted by Gasteiger charge is 2.41. The Hall–Kier alpha value is -1.13. The highest BCUT2D eigenvalue weighted by molar-refractivity contribution is 5.41. The van der Waals surface area contributed by atoms with Crippen molar-refractivity contribution >= 4 is 5.82 Å². The number of pyridine rings is 1. The lowest BCUT2D eigenvalue weighted by Crippen LogP contribution is -2.49. The Morgan fingerprint density at radius 2 is 1.89 bits per heavy atom. The minimum atomic E-state index is -0.575. The van der Waals surface area contributed by atoms with E-state index in [0.29, 0.717) is 5.82 Å². The highest BCUT2D eigenvalue weighted by Crippen LogP contribution is 2.41. The number of hydrogen-bond acceptors (Lipinski definition) is 4. The largest absolute Gasteiger partial charge is 0.386 e. The van der Waals surface area contributed by atoms with Crippen LogP contribution < -0.4 is 5.73 Å². The first kappa shape index (κ1) is 14.3. The van der Waals surface area contributed by atoms with E-state index >= 15 is 0 Å². The predicted molar refractivity (Wildman–Crippen MR) is 77.7 cm³/mol. The van der Waals surface area contributed by atoms with Crippen LogP contribution in [0, 0.1) is 0 Å². The Kier molecular flexibility index (Phi) is 4.42. The molecule has 0 aliphatic heterocycles. The van der Waals surface area contributed by atoms with E-state index in [1.54, 1.807) is 6.20 Å². The second-order valence-corrected chi connectivity index (χ2v) is 5.79. The van der Waals surface area contributed by atoms with Gasteiger partial charge in [0.15, 0.2) is 0 Å². The average Bonchev–Trinajstić information content (AvgIpc) is 2.65. The van der Waals surface area contributed by atoms with E-state index in [4.69, 9.17) is 5.73 Å². The van der Waals surface area contributed by atoms with Crippen LogP contribution in [0.25, 0.3) is 0 Å². The molecule has 1 aliphatic carbocycles. The van der Waals surface area contributed by atoms with E-state index in [1.807, 2.05) is 12.1 Å². The SMILES string of the molecule is CN(C)C1(C(O)c2cccnc2N)CCCCCC1. The summed E-state index contributed by atoms with van der Waals surface area (Å²) in [6, 6.07) is 3.73. The molecule has 3 N–H and O–H groups in total. The van der Waals surface area contributed by atoms with E-state index < -0.39 is 6.10 Å². The van der Waals surface area contributed by atoms with Crippen LogP contribution in [0.5, 0.6) is 0 Å². The van der Waals surface area contributed by atoms with Gasteiger partial charge in [0.1, 0.15) is 11.9 Å². The third kappa shape index (κ3) is 2.74. The van der Waals surface area contributed by atoms with Crippen LogP contribution in [0.15, 0.2) is 18.3 Å². The predicted octanol–water partition coefficient (Wildman–Crippen LogP) is 2.35. The van der Waals surface area contributed by atoms with Gasteiger partial charge in [-0.15, -0.1) is 0 Å². The zero-order chi connectivity index (χ0) is 13.9. The monoisotopic (exact) mass is 263 g/mol. The molecule has 1 unspecified atom stereocenters. The number of rotatable bonds is 3. The number of hydrogen-bond donors (Lipinski definition) is 2. The van der Waals surface area contributed by atoms with Crippen molar-refractivity contribution in [3.8, 4) is 0 Å². The van der Waals surface area contributed by atoms with Crippen LogP contribution >= 0.6 is 0 Å². The average molecular weight is 263 g/mol. The molecule has 0 spiro atoms. The van der Waals surface area contributed by atoms with Gasteiger partial charge in [0.05, 0.1) is 5.54 Å². The minimum absolute atomic E-state index is 0.215.